The van der Waals surface area contributed by atoms with E-state index in [-0.39, 0.29) is 5.78 Å². The zero-order valence-corrected chi connectivity index (χ0v) is 10.3. The van der Waals surface area contributed by atoms with Crippen LogP contribution in [0.1, 0.15) is 22.8 Å². The van der Waals surface area contributed by atoms with E-state index in [1.54, 1.807) is 24.3 Å². The highest BCUT2D eigenvalue weighted by Gasteiger charge is 2.27. The summed E-state index contributed by atoms with van der Waals surface area (Å²) in [6, 6.07) is 7.00. The molecular formula is C11H14N2O3S. The van der Waals surface area contributed by atoms with E-state index in [0.717, 1.165) is 5.56 Å². The molecule has 0 aliphatic carbocycles. The van der Waals surface area contributed by atoms with Gasteiger partial charge in [-0.2, -0.15) is 12.7 Å². The highest BCUT2D eigenvalue weighted by atomic mass is 32.2. The van der Waals surface area contributed by atoms with Crippen LogP contribution < -0.4 is 4.72 Å². The molecule has 6 heteroatoms. The summed E-state index contributed by atoms with van der Waals surface area (Å²) in [5.74, 6) is 0.00649. The van der Waals surface area contributed by atoms with Gasteiger partial charge in [0.15, 0.2) is 5.78 Å². The average Bonchev–Trinajstić information content (AvgIpc) is 2.59. The third kappa shape index (κ3) is 2.71. The van der Waals surface area contributed by atoms with Crippen LogP contribution in [0.4, 0.5) is 0 Å². The van der Waals surface area contributed by atoms with Gasteiger partial charge in [-0.3, -0.25) is 4.79 Å². The van der Waals surface area contributed by atoms with E-state index in [1.165, 1.54) is 11.2 Å². The molecule has 1 aliphatic heterocycles. The summed E-state index contributed by atoms with van der Waals surface area (Å²) in [5, 5.41) is 0. The van der Waals surface area contributed by atoms with Gasteiger partial charge in [-0.1, -0.05) is 24.3 Å². The Kier molecular flexibility index (Phi) is 3.28. The number of carbonyl (C=O) groups is 1. The maximum Gasteiger partial charge on any atom is 0.279 e. The molecule has 17 heavy (non-hydrogen) atoms. The molecule has 1 heterocycles. The zero-order chi connectivity index (χ0) is 12.5. The summed E-state index contributed by atoms with van der Waals surface area (Å²) < 4.78 is 26.8. The van der Waals surface area contributed by atoms with Crippen LogP contribution in [0.5, 0.6) is 0 Å². The third-order valence-corrected chi connectivity index (χ3v) is 4.27. The number of carbonyl (C=O) groups excluding carboxylic acids is 1. The second kappa shape index (κ2) is 4.56. The number of ketones is 1. The SMILES string of the molecule is CC(=O)c1ccc(CN2CCNS2(=O)=O)cc1. The topological polar surface area (TPSA) is 66.5 Å². The second-order valence-electron chi connectivity index (χ2n) is 3.99. The molecule has 0 aromatic heterocycles. The molecule has 0 bridgehead atoms. The van der Waals surface area contributed by atoms with E-state index in [4.69, 9.17) is 0 Å². The smallest absolute Gasteiger partial charge is 0.279 e. The van der Waals surface area contributed by atoms with Gasteiger partial charge in [0.2, 0.25) is 0 Å². The molecule has 1 saturated heterocycles. The number of hydrogen-bond acceptors (Lipinski definition) is 3. The van der Waals surface area contributed by atoms with Gasteiger partial charge in [0.25, 0.3) is 10.2 Å². The van der Waals surface area contributed by atoms with E-state index >= 15 is 0 Å². The molecule has 1 aromatic carbocycles. The summed E-state index contributed by atoms with van der Waals surface area (Å²) in [6.45, 7) is 2.78. The highest BCUT2D eigenvalue weighted by Crippen LogP contribution is 2.12. The summed E-state index contributed by atoms with van der Waals surface area (Å²) in [5.41, 5.74) is 1.51. The standard InChI is InChI=1S/C11H14N2O3S/c1-9(14)11-4-2-10(3-5-11)8-13-7-6-12-17(13,15)16/h2-5,12H,6-8H2,1H3. The van der Waals surface area contributed by atoms with Crippen molar-refractivity contribution in [2.45, 2.75) is 13.5 Å². The van der Waals surface area contributed by atoms with Gasteiger partial charge in [-0.05, 0) is 12.5 Å². The van der Waals surface area contributed by atoms with Crippen LogP contribution in [0.3, 0.4) is 0 Å². The summed E-state index contributed by atoms with van der Waals surface area (Å²) >= 11 is 0. The minimum absolute atomic E-state index is 0.00649. The first-order valence-electron chi connectivity index (χ1n) is 5.34. The zero-order valence-electron chi connectivity index (χ0n) is 9.51. The lowest BCUT2D eigenvalue weighted by atomic mass is 10.1. The predicted molar refractivity (Wildman–Crippen MR) is 63.8 cm³/mol. The van der Waals surface area contributed by atoms with Crippen molar-refractivity contribution >= 4 is 16.0 Å². The average molecular weight is 254 g/mol. The Morgan fingerprint density at radius 2 is 2.00 bits per heavy atom. The number of benzene rings is 1. The third-order valence-electron chi connectivity index (χ3n) is 2.70. The Balaban J connectivity index is 2.12. The molecule has 0 amide bonds. The van der Waals surface area contributed by atoms with Gasteiger partial charge in [0, 0.05) is 25.2 Å². The minimum Gasteiger partial charge on any atom is -0.295 e. The van der Waals surface area contributed by atoms with Crippen molar-refractivity contribution < 1.29 is 13.2 Å². The maximum absolute atomic E-state index is 11.5. The fraction of sp³-hybridized carbons (Fsp3) is 0.364. The normalized spacial score (nSPS) is 19.4. The Hall–Kier alpha value is -1.24. The number of nitrogens with one attached hydrogen (secondary N) is 1. The van der Waals surface area contributed by atoms with Crippen LogP contribution in [0.15, 0.2) is 24.3 Å². The Bertz CT molecular complexity index is 522. The molecule has 5 nitrogen and oxygen atoms in total. The van der Waals surface area contributed by atoms with Gasteiger partial charge in [-0.15, -0.1) is 0 Å². The molecule has 1 fully saturated rings. The largest absolute Gasteiger partial charge is 0.295 e. The number of rotatable bonds is 3. The van der Waals surface area contributed by atoms with E-state index in [1.807, 2.05) is 0 Å². The molecule has 2 rings (SSSR count). The monoisotopic (exact) mass is 254 g/mol. The fourth-order valence-corrected chi connectivity index (χ4v) is 2.91. The first-order chi connectivity index (χ1) is 7.99. The second-order valence-corrected chi connectivity index (χ2v) is 5.74. The summed E-state index contributed by atoms with van der Waals surface area (Å²) in [4.78, 5) is 11.1. The predicted octanol–water partition coefficient (Wildman–Crippen LogP) is 0.539. The van der Waals surface area contributed by atoms with Crippen molar-refractivity contribution in [2.75, 3.05) is 13.1 Å². The van der Waals surface area contributed by atoms with Gasteiger partial charge in [-0.25, -0.2) is 4.72 Å². The van der Waals surface area contributed by atoms with Crippen LogP contribution >= 0.6 is 0 Å². The number of Topliss-reactive ketones (excluding diaryl/α,β-unsaturated/α-hetero) is 1. The molecule has 0 atom stereocenters. The quantitative estimate of drug-likeness (QED) is 0.801. The molecule has 92 valence electrons. The van der Waals surface area contributed by atoms with Gasteiger partial charge >= 0.3 is 0 Å². The van der Waals surface area contributed by atoms with Gasteiger partial charge in [0.1, 0.15) is 0 Å². The molecular weight excluding hydrogens is 240 g/mol. The molecule has 0 unspecified atom stereocenters. The number of hydrogen-bond donors (Lipinski definition) is 1. The Morgan fingerprint density at radius 1 is 1.35 bits per heavy atom. The van der Waals surface area contributed by atoms with E-state index < -0.39 is 10.2 Å². The first kappa shape index (κ1) is 12.2. The van der Waals surface area contributed by atoms with Crippen molar-refractivity contribution in [2.24, 2.45) is 0 Å². The molecule has 1 aliphatic rings. The molecule has 1 aromatic rings. The van der Waals surface area contributed by atoms with Crippen molar-refractivity contribution in [3.8, 4) is 0 Å². The molecule has 0 radical (unpaired) electrons. The van der Waals surface area contributed by atoms with Crippen LogP contribution in [-0.4, -0.2) is 31.6 Å². The van der Waals surface area contributed by atoms with Crippen molar-refractivity contribution in [1.29, 1.82) is 0 Å². The Morgan fingerprint density at radius 3 is 2.47 bits per heavy atom. The lowest BCUT2D eigenvalue weighted by Gasteiger charge is -2.13. The van der Waals surface area contributed by atoms with Gasteiger partial charge in [0.05, 0.1) is 0 Å². The van der Waals surface area contributed by atoms with Crippen molar-refractivity contribution in [3.05, 3.63) is 35.4 Å². The molecule has 1 N–H and O–H groups in total. The molecule has 0 spiro atoms. The van der Waals surface area contributed by atoms with E-state index in [9.17, 15) is 13.2 Å². The summed E-state index contributed by atoms with van der Waals surface area (Å²) in [6.07, 6.45) is 0. The maximum atomic E-state index is 11.5. The van der Waals surface area contributed by atoms with Crippen molar-refractivity contribution in [1.82, 2.24) is 9.03 Å². The lowest BCUT2D eigenvalue weighted by molar-refractivity contribution is 0.101. The van der Waals surface area contributed by atoms with Crippen molar-refractivity contribution in [3.63, 3.8) is 0 Å². The number of nitrogens with zero attached hydrogens (tertiary/aromatic N) is 1. The van der Waals surface area contributed by atoms with Crippen LogP contribution in [0.25, 0.3) is 0 Å². The summed E-state index contributed by atoms with van der Waals surface area (Å²) in [7, 11) is -3.30. The first-order valence-corrected chi connectivity index (χ1v) is 6.78. The highest BCUT2D eigenvalue weighted by molar-refractivity contribution is 7.87. The van der Waals surface area contributed by atoms with E-state index in [2.05, 4.69) is 4.72 Å². The lowest BCUT2D eigenvalue weighted by Crippen LogP contribution is -2.29. The van der Waals surface area contributed by atoms with E-state index in [0.29, 0.717) is 25.2 Å². The Labute approximate surface area is 101 Å². The fourth-order valence-electron chi connectivity index (χ4n) is 1.72. The van der Waals surface area contributed by atoms with Gasteiger partial charge < -0.3 is 0 Å². The van der Waals surface area contributed by atoms with Crippen LogP contribution in [0.2, 0.25) is 0 Å². The van der Waals surface area contributed by atoms with Crippen LogP contribution in [-0.2, 0) is 16.8 Å². The van der Waals surface area contributed by atoms with Crippen LogP contribution in [0, 0.1) is 0 Å². The molecule has 0 saturated carbocycles. The minimum atomic E-state index is -3.30.